The highest BCUT2D eigenvalue weighted by Crippen LogP contribution is 2.25. The van der Waals surface area contributed by atoms with Crippen LogP contribution in [0, 0.1) is 0 Å². The van der Waals surface area contributed by atoms with E-state index in [0.717, 1.165) is 7.05 Å². The molecule has 0 radical (unpaired) electrons. The molecule has 1 N–H and O–H groups in total. The quantitative estimate of drug-likeness (QED) is 0.663. The highest BCUT2D eigenvalue weighted by molar-refractivity contribution is 6.30. The van der Waals surface area contributed by atoms with Crippen LogP contribution in [0.15, 0.2) is 44.6 Å². The van der Waals surface area contributed by atoms with Gasteiger partial charge in [-0.25, -0.2) is 4.79 Å². The molecule has 3 rings (SSSR count). The number of aryl methyl sites for hydroxylation is 1. The molecule has 29 heavy (non-hydrogen) atoms. The molecule has 0 spiro atoms. The number of hydrogen-bond donors (Lipinski definition) is 1. The third-order valence-electron chi connectivity index (χ3n) is 4.07. The van der Waals surface area contributed by atoms with Gasteiger partial charge in [0.15, 0.2) is 5.82 Å². The van der Waals surface area contributed by atoms with Crippen molar-refractivity contribution in [1.82, 2.24) is 19.3 Å². The summed E-state index contributed by atoms with van der Waals surface area (Å²) in [5.41, 5.74) is -3.42. The van der Waals surface area contributed by atoms with E-state index in [9.17, 15) is 27.9 Å². The maximum Gasteiger partial charge on any atom is 0.423 e. The zero-order valence-electron chi connectivity index (χ0n) is 14.9. The van der Waals surface area contributed by atoms with Crippen LogP contribution in [0.1, 0.15) is 28.9 Å². The van der Waals surface area contributed by atoms with Gasteiger partial charge in [-0.3, -0.25) is 9.36 Å². The Morgan fingerprint density at radius 1 is 1.24 bits per heavy atom. The van der Waals surface area contributed by atoms with E-state index in [4.69, 9.17) is 16.1 Å². The van der Waals surface area contributed by atoms with Crippen LogP contribution in [-0.2, 0) is 26.2 Å². The second-order valence-corrected chi connectivity index (χ2v) is 6.64. The highest BCUT2D eigenvalue weighted by Gasteiger charge is 2.36. The molecule has 0 saturated heterocycles. The first-order valence-corrected chi connectivity index (χ1v) is 8.56. The van der Waals surface area contributed by atoms with E-state index in [1.807, 2.05) is 0 Å². The molecule has 0 unspecified atom stereocenters. The summed E-state index contributed by atoms with van der Waals surface area (Å²) in [6.07, 6.45) is -5.53. The number of halogens is 4. The van der Waals surface area contributed by atoms with Crippen LogP contribution in [0.3, 0.4) is 0 Å². The van der Waals surface area contributed by atoms with Gasteiger partial charge in [0.25, 0.3) is 5.56 Å². The molecule has 3 aromatic rings. The molecule has 154 valence electrons. The van der Waals surface area contributed by atoms with Crippen molar-refractivity contribution < 1.29 is 22.8 Å². The Morgan fingerprint density at radius 2 is 1.90 bits per heavy atom. The molecule has 12 heteroatoms. The number of aliphatic hydroxyl groups excluding tert-OH is 1. The molecular formula is C17H14ClF3N4O4. The Morgan fingerprint density at radius 3 is 2.52 bits per heavy atom. The molecule has 0 aliphatic heterocycles. The Hall–Kier alpha value is -2.92. The first-order valence-electron chi connectivity index (χ1n) is 8.19. The predicted molar refractivity (Wildman–Crippen MR) is 94.5 cm³/mol. The van der Waals surface area contributed by atoms with E-state index in [1.54, 1.807) is 24.3 Å². The van der Waals surface area contributed by atoms with Crippen LogP contribution < -0.4 is 11.2 Å². The second kappa shape index (κ2) is 7.84. The summed E-state index contributed by atoms with van der Waals surface area (Å²) >= 11 is 5.79. The predicted octanol–water partition coefficient (Wildman–Crippen LogP) is 1.93. The van der Waals surface area contributed by atoms with Gasteiger partial charge >= 0.3 is 11.9 Å². The number of alkyl halides is 3. The van der Waals surface area contributed by atoms with E-state index in [2.05, 4.69) is 10.1 Å². The number of rotatable bonds is 5. The molecule has 0 bridgehead atoms. The highest BCUT2D eigenvalue weighted by atomic mass is 35.5. The van der Waals surface area contributed by atoms with Gasteiger partial charge in [0, 0.05) is 24.7 Å². The molecular weight excluding hydrogens is 417 g/mol. The molecule has 0 aliphatic rings. The Balaban J connectivity index is 1.83. The van der Waals surface area contributed by atoms with Gasteiger partial charge < -0.3 is 14.2 Å². The molecule has 0 fully saturated rings. The fourth-order valence-corrected chi connectivity index (χ4v) is 2.73. The Kier molecular flexibility index (Phi) is 5.62. The maximum absolute atomic E-state index is 13.0. The fraction of sp³-hybridized carbons (Fsp3) is 0.294. The standard InChI is InChI=1S/C17H14ClF3N4O4/c1-24-7-11(17(19,20)21)15(27)25(16(24)28)8-14-22-13(23-29-14)6-12(26)9-2-4-10(18)5-3-9/h2-5,7,12,26H,6,8H2,1H3/t12-/m0/s1. The molecule has 1 atom stereocenters. The summed E-state index contributed by atoms with van der Waals surface area (Å²) in [5, 5.41) is 14.3. The van der Waals surface area contributed by atoms with Crippen molar-refractivity contribution in [2.75, 3.05) is 0 Å². The van der Waals surface area contributed by atoms with Crippen LogP contribution in [0.2, 0.25) is 5.02 Å². The van der Waals surface area contributed by atoms with Crippen molar-refractivity contribution in [1.29, 1.82) is 0 Å². The van der Waals surface area contributed by atoms with Crippen molar-refractivity contribution in [2.45, 2.75) is 25.2 Å². The van der Waals surface area contributed by atoms with E-state index < -0.39 is 35.6 Å². The monoisotopic (exact) mass is 430 g/mol. The largest absolute Gasteiger partial charge is 0.423 e. The van der Waals surface area contributed by atoms with E-state index in [-0.39, 0.29) is 18.1 Å². The first-order chi connectivity index (χ1) is 13.6. The molecule has 2 aromatic heterocycles. The minimum absolute atomic E-state index is 0.0549. The van der Waals surface area contributed by atoms with Crippen LogP contribution in [0.25, 0.3) is 0 Å². The molecule has 8 nitrogen and oxygen atoms in total. The third kappa shape index (κ3) is 4.57. The normalized spacial score (nSPS) is 12.9. The second-order valence-electron chi connectivity index (χ2n) is 6.20. The minimum Gasteiger partial charge on any atom is -0.388 e. The lowest BCUT2D eigenvalue weighted by Gasteiger charge is -2.10. The molecule has 0 aliphatic carbocycles. The average Bonchev–Trinajstić information content (AvgIpc) is 3.08. The van der Waals surface area contributed by atoms with Gasteiger partial charge in [-0.1, -0.05) is 28.9 Å². The van der Waals surface area contributed by atoms with Crippen LogP contribution in [-0.4, -0.2) is 24.4 Å². The van der Waals surface area contributed by atoms with Crippen molar-refractivity contribution in [3.8, 4) is 0 Å². The smallest absolute Gasteiger partial charge is 0.388 e. The Bertz CT molecular complexity index is 1140. The summed E-state index contributed by atoms with van der Waals surface area (Å²) in [7, 11) is 1.09. The summed E-state index contributed by atoms with van der Waals surface area (Å²) in [5.74, 6) is -0.193. The van der Waals surface area contributed by atoms with E-state index >= 15 is 0 Å². The summed E-state index contributed by atoms with van der Waals surface area (Å²) in [6, 6.07) is 6.41. The molecule has 0 saturated carbocycles. The molecule has 0 amide bonds. The Labute approximate surface area is 165 Å². The zero-order valence-corrected chi connectivity index (χ0v) is 15.6. The minimum atomic E-state index is -4.92. The van der Waals surface area contributed by atoms with Crippen molar-refractivity contribution in [2.24, 2.45) is 7.05 Å². The van der Waals surface area contributed by atoms with Crippen molar-refractivity contribution in [3.63, 3.8) is 0 Å². The van der Waals surface area contributed by atoms with Gasteiger partial charge in [0.2, 0.25) is 5.89 Å². The summed E-state index contributed by atoms with van der Waals surface area (Å²) in [6.45, 7) is -0.639. The lowest BCUT2D eigenvalue weighted by Crippen LogP contribution is -2.42. The van der Waals surface area contributed by atoms with E-state index in [1.165, 1.54) is 0 Å². The van der Waals surface area contributed by atoms with Crippen LogP contribution >= 0.6 is 11.6 Å². The number of aromatic nitrogens is 4. The number of hydrogen-bond acceptors (Lipinski definition) is 6. The number of aliphatic hydroxyl groups is 1. The van der Waals surface area contributed by atoms with E-state index in [0.29, 0.717) is 25.9 Å². The fourth-order valence-electron chi connectivity index (χ4n) is 2.61. The van der Waals surface area contributed by atoms with Crippen molar-refractivity contribution in [3.05, 3.63) is 79.2 Å². The third-order valence-corrected chi connectivity index (χ3v) is 4.32. The topological polar surface area (TPSA) is 103 Å². The molecule has 1 aromatic carbocycles. The lowest BCUT2D eigenvalue weighted by atomic mass is 10.1. The SMILES string of the molecule is Cn1cc(C(F)(F)F)c(=O)n(Cc2nc(C[C@H](O)c3ccc(Cl)cc3)no2)c1=O. The van der Waals surface area contributed by atoms with Crippen LogP contribution in [0.5, 0.6) is 0 Å². The molecule has 2 heterocycles. The zero-order chi connectivity index (χ0) is 21.3. The van der Waals surface area contributed by atoms with Gasteiger partial charge in [0.05, 0.1) is 6.10 Å². The average molecular weight is 431 g/mol. The lowest BCUT2D eigenvalue weighted by molar-refractivity contribution is -0.139. The number of benzene rings is 1. The first kappa shape index (κ1) is 20.8. The number of nitrogens with zero attached hydrogens (tertiary/aromatic N) is 4. The van der Waals surface area contributed by atoms with Crippen LogP contribution in [0.4, 0.5) is 13.2 Å². The van der Waals surface area contributed by atoms with Gasteiger partial charge in [-0.2, -0.15) is 18.2 Å². The summed E-state index contributed by atoms with van der Waals surface area (Å²) < 4.78 is 44.9. The maximum atomic E-state index is 13.0. The van der Waals surface area contributed by atoms with Crippen molar-refractivity contribution >= 4 is 11.6 Å². The van der Waals surface area contributed by atoms with Gasteiger partial charge in [0.1, 0.15) is 12.1 Å². The van der Waals surface area contributed by atoms with Gasteiger partial charge in [-0.15, -0.1) is 0 Å². The summed E-state index contributed by atoms with van der Waals surface area (Å²) in [4.78, 5) is 28.1. The van der Waals surface area contributed by atoms with Gasteiger partial charge in [-0.05, 0) is 17.7 Å².